The summed E-state index contributed by atoms with van der Waals surface area (Å²) >= 11 is 0. The van der Waals surface area contributed by atoms with Gasteiger partial charge in [0.25, 0.3) is 0 Å². The molecule has 0 aliphatic carbocycles. The third kappa shape index (κ3) is 59.7. The van der Waals surface area contributed by atoms with Gasteiger partial charge in [0.1, 0.15) is 13.2 Å². The molecule has 6 heteroatoms. The molecule has 428 valence electrons. The zero-order valence-electron chi connectivity index (χ0n) is 49.1. The number of rotatable bonds is 58. The van der Waals surface area contributed by atoms with E-state index >= 15 is 0 Å². The lowest BCUT2D eigenvalue weighted by Gasteiger charge is -2.18. The molecule has 1 unspecified atom stereocenters. The Bertz CT molecular complexity index is 1370. The molecule has 0 N–H and O–H groups in total. The molecule has 0 radical (unpaired) electrons. The van der Waals surface area contributed by atoms with Crippen LogP contribution < -0.4 is 0 Å². The van der Waals surface area contributed by atoms with Crippen molar-refractivity contribution < 1.29 is 28.6 Å². The van der Waals surface area contributed by atoms with Crippen molar-refractivity contribution >= 4 is 17.9 Å². The number of carbonyl (C=O) groups excluding carboxylic acids is 3. The molecule has 0 aliphatic heterocycles. The lowest BCUT2D eigenvalue weighted by Crippen LogP contribution is -2.30. The van der Waals surface area contributed by atoms with Gasteiger partial charge >= 0.3 is 17.9 Å². The first-order chi connectivity index (χ1) is 36.5. The Labute approximate surface area is 459 Å². The van der Waals surface area contributed by atoms with Crippen LogP contribution in [0.25, 0.3) is 0 Å². The van der Waals surface area contributed by atoms with Crippen molar-refractivity contribution in [3.8, 4) is 0 Å². The maximum absolute atomic E-state index is 12.9. The van der Waals surface area contributed by atoms with Crippen LogP contribution in [0.4, 0.5) is 0 Å². The summed E-state index contributed by atoms with van der Waals surface area (Å²) < 4.78 is 16.9. The van der Waals surface area contributed by atoms with Crippen molar-refractivity contribution in [2.45, 2.75) is 329 Å². The first-order valence-electron chi connectivity index (χ1n) is 31.9. The minimum atomic E-state index is -0.775. The zero-order chi connectivity index (χ0) is 53.6. The highest BCUT2D eigenvalue weighted by atomic mass is 16.6. The molecule has 0 amide bonds. The molecule has 0 saturated carbocycles. The standard InChI is InChI=1S/C68H120O6/c1-4-7-10-13-16-19-21-23-25-27-29-31-33-34-36-37-39-41-43-45-47-49-52-55-58-61-67(70)73-64-65(63-72-66(69)60-57-54-51-18-15-12-9-6-3)74-68(71)62-59-56-53-50-48-46-44-42-40-38-35-32-30-28-26-24-22-20-17-14-11-8-5-2/h7,10,16,19,22-25,28-31,65H,4-6,8-9,11-15,17-18,20-21,26-27,32-64H2,1-3H3/b10-7-,19-16-,24-22-,25-23-,30-28-,31-29-. The monoisotopic (exact) mass is 1030 g/mol. The summed E-state index contributed by atoms with van der Waals surface area (Å²) in [5.41, 5.74) is 0. The van der Waals surface area contributed by atoms with E-state index in [1.54, 1.807) is 0 Å². The summed E-state index contributed by atoms with van der Waals surface area (Å²) in [5.74, 6) is -0.868. The third-order valence-corrected chi connectivity index (χ3v) is 13.9. The maximum Gasteiger partial charge on any atom is 0.306 e. The van der Waals surface area contributed by atoms with Crippen molar-refractivity contribution in [3.63, 3.8) is 0 Å². The van der Waals surface area contributed by atoms with Crippen LogP contribution in [-0.4, -0.2) is 37.2 Å². The second-order valence-electron chi connectivity index (χ2n) is 21.3. The number of hydrogen-bond donors (Lipinski definition) is 0. The van der Waals surface area contributed by atoms with Gasteiger partial charge in [-0.2, -0.15) is 0 Å². The molecule has 0 saturated heterocycles. The largest absolute Gasteiger partial charge is 0.462 e. The predicted octanol–water partition coefficient (Wildman–Crippen LogP) is 21.7. The lowest BCUT2D eigenvalue weighted by atomic mass is 10.0. The molecule has 0 aromatic heterocycles. The molecule has 0 bridgehead atoms. The van der Waals surface area contributed by atoms with Crippen LogP contribution in [0, 0.1) is 0 Å². The Kier molecular flexibility index (Phi) is 59.7. The average molecular weight is 1030 g/mol. The molecule has 0 fully saturated rings. The molecule has 0 spiro atoms. The lowest BCUT2D eigenvalue weighted by molar-refractivity contribution is -0.167. The summed E-state index contributed by atoms with van der Waals surface area (Å²) in [6, 6.07) is 0. The van der Waals surface area contributed by atoms with E-state index in [1.807, 2.05) is 0 Å². The molecule has 0 aromatic carbocycles. The summed E-state index contributed by atoms with van der Waals surface area (Å²) in [4.78, 5) is 38.1. The van der Waals surface area contributed by atoms with Crippen LogP contribution >= 0.6 is 0 Å². The van der Waals surface area contributed by atoms with E-state index in [1.165, 1.54) is 193 Å². The zero-order valence-corrected chi connectivity index (χ0v) is 49.1. The van der Waals surface area contributed by atoms with E-state index in [0.717, 1.165) is 89.9 Å². The van der Waals surface area contributed by atoms with Crippen molar-refractivity contribution in [2.24, 2.45) is 0 Å². The Hall–Kier alpha value is -3.15. The number of esters is 3. The fraction of sp³-hybridized carbons (Fsp3) is 0.779. The van der Waals surface area contributed by atoms with Crippen molar-refractivity contribution in [1.29, 1.82) is 0 Å². The number of carbonyl (C=O) groups is 3. The van der Waals surface area contributed by atoms with Crippen LogP contribution in [0.2, 0.25) is 0 Å². The maximum atomic E-state index is 12.9. The van der Waals surface area contributed by atoms with E-state index in [2.05, 4.69) is 93.7 Å². The predicted molar refractivity (Wildman–Crippen MR) is 321 cm³/mol. The Morgan fingerprint density at radius 1 is 0.284 bits per heavy atom. The minimum Gasteiger partial charge on any atom is -0.462 e. The van der Waals surface area contributed by atoms with Gasteiger partial charge in [0.05, 0.1) is 0 Å². The first-order valence-corrected chi connectivity index (χ1v) is 31.9. The van der Waals surface area contributed by atoms with Gasteiger partial charge in [-0.25, -0.2) is 0 Å². The van der Waals surface area contributed by atoms with Gasteiger partial charge in [0, 0.05) is 19.3 Å². The van der Waals surface area contributed by atoms with Gasteiger partial charge in [-0.05, 0) is 89.9 Å². The van der Waals surface area contributed by atoms with Crippen molar-refractivity contribution in [1.82, 2.24) is 0 Å². The molecule has 0 rings (SSSR count). The molecule has 0 aromatic rings. The van der Waals surface area contributed by atoms with Gasteiger partial charge in [-0.15, -0.1) is 0 Å². The molecule has 0 aliphatic rings. The van der Waals surface area contributed by atoms with Crippen LogP contribution in [0.1, 0.15) is 323 Å². The van der Waals surface area contributed by atoms with Gasteiger partial charge in [-0.3, -0.25) is 14.4 Å². The summed E-state index contributed by atoms with van der Waals surface area (Å²) in [7, 11) is 0. The highest BCUT2D eigenvalue weighted by Crippen LogP contribution is 2.17. The number of unbranched alkanes of at least 4 members (excludes halogenated alkanes) is 35. The third-order valence-electron chi connectivity index (χ3n) is 13.9. The van der Waals surface area contributed by atoms with Crippen LogP contribution in [0.5, 0.6) is 0 Å². The first kappa shape index (κ1) is 70.8. The number of allylic oxidation sites excluding steroid dienone is 12. The molecular formula is C68H120O6. The normalized spacial score (nSPS) is 12.5. The summed E-state index contributed by atoms with van der Waals surface area (Å²) in [6.07, 6.45) is 80.7. The second kappa shape index (κ2) is 62.4. The molecule has 6 nitrogen and oxygen atoms in total. The quantitative estimate of drug-likeness (QED) is 0.0261. The SMILES string of the molecule is CC/C=C\C/C=C\C/C=C\C/C=C\CCCCCCCCCCCCCCC(=O)OCC(COC(=O)CCCCCCCCCC)OC(=O)CCCCCCCCCCCCC/C=C\C/C=C\CCCCCCC. The molecule has 1 atom stereocenters. The molecule has 0 heterocycles. The fourth-order valence-electron chi connectivity index (χ4n) is 9.17. The van der Waals surface area contributed by atoms with E-state index in [0.29, 0.717) is 19.3 Å². The fourth-order valence-corrected chi connectivity index (χ4v) is 9.17. The van der Waals surface area contributed by atoms with E-state index in [9.17, 15) is 14.4 Å². The Balaban J connectivity index is 4.16. The van der Waals surface area contributed by atoms with E-state index in [-0.39, 0.29) is 31.1 Å². The number of hydrogen-bond acceptors (Lipinski definition) is 6. The minimum absolute atomic E-state index is 0.0736. The van der Waals surface area contributed by atoms with Gasteiger partial charge in [0.15, 0.2) is 6.10 Å². The van der Waals surface area contributed by atoms with Crippen LogP contribution in [0.3, 0.4) is 0 Å². The van der Waals surface area contributed by atoms with Gasteiger partial charge < -0.3 is 14.2 Å². The smallest absolute Gasteiger partial charge is 0.306 e. The van der Waals surface area contributed by atoms with E-state index < -0.39 is 6.10 Å². The van der Waals surface area contributed by atoms with Crippen LogP contribution in [0.15, 0.2) is 72.9 Å². The summed E-state index contributed by atoms with van der Waals surface area (Å²) in [5, 5.41) is 0. The Morgan fingerprint density at radius 3 is 0.824 bits per heavy atom. The highest BCUT2D eigenvalue weighted by Gasteiger charge is 2.19. The Morgan fingerprint density at radius 2 is 0.527 bits per heavy atom. The summed E-state index contributed by atoms with van der Waals surface area (Å²) in [6.45, 7) is 6.52. The number of ether oxygens (including phenoxy) is 3. The van der Waals surface area contributed by atoms with Gasteiger partial charge in [-0.1, -0.05) is 286 Å². The molecular weight excluding hydrogens is 913 g/mol. The van der Waals surface area contributed by atoms with Gasteiger partial charge in [0.2, 0.25) is 0 Å². The van der Waals surface area contributed by atoms with E-state index in [4.69, 9.17) is 14.2 Å². The highest BCUT2D eigenvalue weighted by molar-refractivity contribution is 5.71. The van der Waals surface area contributed by atoms with Crippen molar-refractivity contribution in [3.05, 3.63) is 72.9 Å². The average Bonchev–Trinajstić information content (AvgIpc) is 3.40. The molecule has 74 heavy (non-hydrogen) atoms. The van der Waals surface area contributed by atoms with Crippen molar-refractivity contribution in [2.75, 3.05) is 13.2 Å². The topological polar surface area (TPSA) is 78.9 Å². The van der Waals surface area contributed by atoms with Crippen LogP contribution in [-0.2, 0) is 28.6 Å². The second-order valence-corrected chi connectivity index (χ2v) is 21.3.